The van der Waals surface area contributed by atoms with Crippen LogP contribution in [0, 0.1) is 0 Å². The second kappa shape index (κ2) is 11.5. The Kier molecular flexibility index (Phi) is 8.68. The van der Waals surface area contributed by atoms with Gasteiger partial charge < -0.3 is 24.8 Å². The summed E-state index contributed by atoms with van der Waals surface area (Å²) in [4.78, 5) is 35.9. The summed E-state index contributed by atoms with van der Waals surface area (Å²) in [6.45, 7) is 1.45. The van der Waals surface area contributed by atoms with E-state index >= 15 is 0 Å². The van der Waals surface area contributed by atoms with Crippen LogP contribution in [0.1, 0.15) is 22.8 Å². The molecule has 0 bridgehead atoms. The lowest BCUT2D eigenvalue weighted by molar-refractivity contribution is -0.150. The molecule has 0 saturated heterocycles. The zero-order chi connectivity index (χ0) is 21.9. The van der Waals surface area contributed by atoms with Crippen LogP contribution in [0.4, 0.5) is 0 Å². The fourth-order valence-electron chi connectivity index (χ4n) is 2.62. The van der Waals surface area contributed by atoms with Crippen molar-refractivity contribution in [2.75, 3.05) is 27.4 Å². The Bertz CT molecular complexity index is 869. The van der Waals surface area contributed by atoms with Gasteiger partial charge in [-0.3, -0.25) is 9.59 Å². The maximum atomic E-state index is 12.0. The standard InChI is InChI=1S/C22H26N2O6/c1-15(24-21(26)17-7-5-4-6-8-17)22(27)30-14-20(25)23-12-11-16-9-10-18(28-2)19(13-16)29-3/h4-10,13,15H,11-12,14H2,1-3H3,(H,23,25)(H,24,26)/t15-/m0/s1. The second-order valence-electron chi connectivity index (χ2n) is 6.46. The van der Waals surface area contributed by atoms with E-state index in [9.17, 15) is 14.4 Å². The highest BCUT2D eigenvalue weighted by Gasteiger charge is 2.19. The Morgan fingerprint density at radius 2 is 1.67 bits per heavy atom. The molecule has 8 nitrogen and oxygen atoms in total. The van der Waals surface area contributed by atoms with Gasteiger partial charge >= 0.3 is 5.97 Å². The predicted molar refractivity (Wildman–Crippen MR) is 111 cm³/mol. The molecule has 0 aliphatic carbocycles. The average molecular weight is 414 g/mol. The van der Waals surface area contributed by atoms with Gasteiger partial charge in [0, 0.05) is 12.1 Å². The molecule has 2 N–H and O–H groups in total. The number of nitrogens with one attached hydrogen (secondary N) is 2. The van der Waals surface area contributed by atoms with E-state index < -0.39 is 24.5 Å². The molecule has 30 heavy (non-hydrogen) atoms. The van der Waals surface area contributed by atoms with Crippen LogP contribution in [0.15, 0.2) is 48.5 Å². The lowest BCUT2D eigenvalue weighted by Gasteiger charge is -2.13. The first-order valence-electron chi connectivity index (χ1n) is 9.44. The van der Waals surface area contributed by atoms with E-state index in [0.717, 1.165) is 5.56 Å². The van der Waals surface area contributed by atoms with Crippen molar-refractivity contribution in [2.45, 2.75) is 19.4 Å². The molecule has 0 radical (unpaired) electrons. The normalized spacial score (nSPS) is 11.2. The molecule has 2 aromatic rings. The van der Waals surface area contributed by atoms with Crippen LogP contribution in [0.2, 0.25) is 0 Å². The lowest BCUT2D eigenvalue weighted by Crippen LogP contribution is -2.41. The number of rotatable bonds is 10. The molecule has 8 heteroatoms. The summed E-state index contributed by atoms with van der Waals surface area (Å²) in [6.07, 6.45) is 0.573. The molecule has 160 valence electrons. The second-order valence-corrected chi connectivity index (χ2v) is 6.46. The van der Waals surface area contributed by atoms with Crippen molar-refractivity contribution < 1.29 is 28.6 Å². The van der Waals surface area contributed by atoms with E-state index in [1.165, 1.54) is 6.92 Å². The van der Waals surface area contributed by atoms with Gasteiger partial charge in [-0.25, -0.2) is 4.79 Å². The van der Waals surface area contributed by atoms with Crippen molar-refractivity contribution in [3.63, 3.8) is 0 Å². The largest absolute Gasteiger partial charge is 0.493 e. The third-order valence-electron chi connectivity index (χ3n) is 4.27. The average Bonchev–Trinajstić information content (AvgIpc) is 2.77. The fourth-order valence-corrected chi connectivity index (χ4v) is 2.62. The Morgan fingerprint density at radius 3 is 2.33 bits per heavy atom. The number of ether oxygens (including phenoxy) is 3. The summed E-state index contributed by atoms with van der Waals surface area (Å²) in [5.41, 5.74) is 1.40. The smallest absolute Gasteiger partial charge is 0.328 e. The zero-order valence-electron chi connectivity index (χ0n) is 17.3. The molecule has 0 aromatic heterocycles. The van der Waals surface area contributed by atoms with Gasteiger partial charge in [0.25, 0.3) is 11.8 Å². The predicted octanol–water partition coefficient (Wildman–Crippen LogP) is 1.72. The number of carbonyl (C=O) groups is 3. The van der Waals surface area contributed by atoms with Crippen LogP contribution in [0.5, 0.6) is 11.5 Å². The monoisotopic (exact) mass is 414 g/mol. The van der Waals surface area contributed by atoms with E-state index in [1.807, 2.05) is 12.1 Å². The summed E-state index contributed by atoms with van der Waals surface area (Å²) < 4.78 is 15.4. The molecule has 0 fully saturated rings. The summed E-state index contributed by atoms with van der Waals surface area (Å²) in [7, 11) is 3.12. The molecule has 0 saturated carbocycles. The maximum absolute atomic E-state index is 12.0. The van der Waals surface area contributed by atoms with E-state index in [1.54, 1.807) is 50.6 Å². The van der Waals surface area contributed by atoms with Gasteiger partial charge in [-0.05, 0) is 43.2 Å². The summed E-state index contributed by atoms with van der Waals surface area (Å²) in [6, 6.07) is 13.2. The van der Waals surface area contributed by atoms with Gasteiger partial charge in [0.05, 0.1) is 14.2 Å². The van der Waals surface area contributed by atoms with Crippen molar-refractivity contribution in [3.8, 4) is 11.5 Å². The molecular formula is C22H26N2O6. The van der Waals surface area contributed by atoms with Crippen LogP contribution < -0.4 is 20.1 Å². The van der Waals surface area contributed by atoms with Crippen molar-refractivity contribution in [1.82, 2.24) is 10.6 Å². The minimum atomic E-state index is -0.878. The van der Waals surface area contributed by atoms with E-state index in [0.29, 0.717) is 30.0 Å². The zero-order valence-corrected chi connectivity index (χ0v) is 17.3. The minimum Gasteiger partial charge on any atom is -0.493 e. The third-order valence-corrected chi connectivity index (χ3v) is 4.27. The van der Waals surface area contributed by atoms with Crippen molar-refractivity contribution in [1.29, 1.82) is 0 Å². The first-order chi connectivity index (χ1) is 14.4. The van der Waals surface area contributed by atoms with Gasteiger partial charge in [0.2, 0.25) is 0 Å². The maximum Gasteiger partial charge on any atom is 0.328 e. The minimum absolute atomic E-state index is 0.367. The van der Waals surface area contributed by atoms with E-state index in [4.69, 9.17) is 14.2 Å². The van der Waals surface area contributed by atoms with Crippen molar-refractivity contribution >= 4 is 17.8 Å². The molecule has 2 amide bonds. The van der Waals surface area contributed by atoms with Gasteiger partial charge in [-0.15, -0.1) is 0 Å². The Hall–Kier alpha value is -3.55. The topological polar surface area (TPSA) is 103 Å². The highest BCUT2D eigenvalue weighted by molar-refractivity contribution is 5.96. The molecule has 2 rings (SSSR count). The molecule has 1 atom stereocenters. The van der Waals surface area contributed by atoms with Gasteiger partial charge in [-0.2, -0.15) is 0 Å². The van der Waals surface area contributed by atoms with Crippen LogP contribution in [0.25, 0.3) is 0 Å². The van der Waals surface area contributed by atoms with E-state index in [2.05, 4.69) is 10.6 Å². The molecule has 0 unspecified atom stereocenters. The molecule has 0 spiro atoms. The van der Waals surface area contributed by atoms with Gasteiger partial charge in [0.1, 0.15) is 6.04 Å². The molecular weight excluding hydrogens is 388 g/mol. The highest BCUT2D eigenvalue weighted by Crippen LogP contribution is 2.27. The number of benzene rings is 2. The summed E-state index contributed by atoms with van der Waals surface area (Å²) in [5.74, 6) is -0.258. The first kappa shape index (κ1) is 22.7. The molecule has 2 aromatic carbocycles. The Morgan fingerprint density at radius 1 is 0.967 bits per heavy atom. The molecule has 0 aliphatic rings. The Labute approximate surface area is 175 Å². The molecule has 0 aliphatic heterocycles. The SMILES string of the molecule is COc1ccc(CCNC(=O)COC(=O)[C@H](C)NC(=O)c2ccccc2)cc1OC. The number of methoxy groups -OCH3 is 2. The number of carbonyl (C=O) groups excluding carboxylic acids is 3. The van der Waals surface area contributed by atoms with Gasteiger partial charge in [0.15, 0.2) is 18.1 Å². The first-order valence-corrected chi connectivity index (χ1v) is 9.44. The fraction of sp³-hybridized carbons (Fsp3) is 0.318. The summed E-state index contributed by atoms with van der Waals surface area (Å²) in [5, 5.41) is 5.22. The van der Waals surface area contributed by atoms with Crippen LogP contribution in [0.3, 0.4) is 0 Å². The van der Waals surface area contributed by atoms with Crippen LogP contribution in [-0.2, 0) is 20.7 Å². The number of hydrogen-bond acceptors (Lipinski definition) is 6. The van der Waals surface area contributed by atoms with Crippen LogP contribution in [-0.4, -0.2) is 51.2 Å². The number of amides is 2. The number of hydrogen-bond donors (Lipinski definition) is 2. The highest BCUT2D eigenvalue weighted by atomic mass is 16.5. The molecule has 0 heterocycles. The number of esters is 1. The van der Waals surface area contributed by atoms with E-state index in [-0.39, 0.29) is 5.91 Å². The third kappa shape index (κ3) is 6.80. The van der Waals surface area contributed by atoms with Crippen LogP contribution >= 0.6 is 0 Å². The lowest BCUT2D eigenvalue weighted by atomic mass is 10.1. The Balaban J connectivity index is 1.71. The quantitative estimate of drug-likeness (QED) is 0.574. The summed E-state index contributed by atoms with van der Waals surface area (Å²) >= 11 is 0. The van der Waals surface area contributed by atoms with Crippen molar-refractivity contribution in [3.05, 3.63) is 59.7 Å². The van der Waals surface area contributed by atoms with Crippen molar-refractivity contribution in [2.24, 2.45) is 0 Å². The van der Waals surface area contributed by atoms with Gasteiger partial charge in [-0.1, -0.05) is 24.3 Å².